The predicted molar refractivity (Wildman–Crippen MR) is 159 cm³/mol. The Morgan fingerprint density at radius 3 is 2.46 bits per heavy atom. The van der Waals surface area contributed by atoms with E-state index in [2.05, 4.69) is 58.0 Å². The van der Waals surface area contributed by atoms with Gasteiger partial charge in [-0.25, -0.2) is 4.98 Å². The summed E-state index contributed by atoms with van der Waals surface area (Å²) in [6.07, 6.45) is 9.52. The third kappa shape index (κ3) is 5.26. The number of aromatic nitrogens is 3. The van der Waals surface area contributed by atoms with Crippen molar-refractivity contribution in [3.63, 3.8) is 0 Å². The molecular weight excluding hydrogens is 506 g/mol. The normalized spacial score (nSPS) is 14.7. The quantitative estimate of drug-likeness (QED) is 0.262. The summed E-state index contributed by atoms with van der Waals surface area (Å²) in [5.41, 5.74) is 4.65. The molecule has 3 heterocycles. The van der Waals surface area contributed by atoms with Crippen LogP contribution in [0, 0.1) is 0 Å². The maximum absolute atomic E-state index is 13.9. The second-order valence-electron chi connectivity index (χ2n) is 10.0. The number of likely N-dealkylation sites (N-methyl/N-ethyl adjacent to an activating group) is 1. The fourth-order valence-electron chi connectivity index (χ4n) is 5.20. The zero-order valence-electron chi connectivity index (χ0n) is 21.9. The molecule has 0 saturated carbocycles. The van der Waals surface area contributed by atoms with Crippen LogP contribution in [-0.2, 0) is 6.54 Å². The molecule has 5 aromatic rings. The van der Waals surface area contributed by atoms with Crippen molar-refractivity contribution in [2.24, 2.45) is 0 Å². The molecule has 39 heavy (non-hydrogen) atoms. The standard InChI is InChI=1S/C32H30ClN5O/c1-35-14-16-37(17-15-35)32(39)30-22-36(21-29(30)28-13-7-11-25-10-5-6-12-27(25)28)20-26-19-34-23-38(26)31(33)18-24-8-3-2-4-9-24/h2-13,18-19,21-23H,14-17,20H2,1H3. The van der Waals surface area contributed by atoms with Crippen molar-refractivity contribution >= 4 is 39.5 Å². The molecule has 6 nitrogen and oxygen atoms in total. The lowest BCUT2D eigenvalue weighted by molar-refractivity contribution is 0.0665. The fourth-order valence-corrected chi connectivity index (χ4v) is 5.48. The number of benzene rings is 3. The molecule has 2 aromatic heterocycles. The van der Waals surface area contributed by atoms with E-state index < -0.39 is 0 Å². The van der Waals surface area contributed by atoms with E-state index in [1.165, 1.54) is 0 Å². The molecule has 1 aliphatic heterocycles. The van der Waals surface area contributed by atoms with Gasteiger partial charge in [0.2, 0.25) is 0 Å². The van der Waals surface area contributed by atoms with E-state index in [9.17, 15) is 4.79 Å². The van der Waals surface area contributed by atoms with Crippen LogP contribution in [0.5, 0.6) is 0 Å². The Hall–Kier alpha value is -4.13. The van der Waals surface area contributed by atoms with Crippen LogP contribution in [0.4, 0.5) is 0 Å². The van der Waals surface area contributed by atoms with Gasteiger partial charge < -0.3 is 14.4 Å². The van der Waals surface area contributed by atoms with Crippen molar-refractivity contribution in [1.82, 2.24) is 23.9 Å². The minimum absolute atomic E-state index is 0.0697. The minimum atomic E-state index is 0.0697. The lowest BCUT2D eigenvalue weighted by Crippen LogP contribution is -2.47. The molecule has 0 N–H and O–H groups in total. The third-order valence-electron chi connectivity index (χ3n) is 7.36. The molecule has 0 atom stereocenters. The maximum Gasteiger partial charge on any atom is 0.256 e. The zero-order chi connectivity index (χ0) is 26.8. The second-order valence-corrected chi connectivity index (χ2v) is 10.4. The summed E-state index contributed by atoms with van der Waals surface area (Å²) in [6.45, 7) is 3.72. The van der Waals surface area contributed by atoms with Gasteiger partial charge >= 0.3 is 0 Å². The number of nitrogens with zero attached hydrogens (tertiary/aromatic N) is 5. The first-order chi connectivity index (χ1) is 19.1. The Balaban J connectivity index is 1.39. The first kappa shape index (κ1) is 25.2. The fraction of sp³-hybridized carbons (Fsp3) is 0.188. The molecule has 1 amide bonds. The largest absolute Gasteiger partial charge is 0.347 e. The van der Waals surface area contributed by atoms with E-state index in [-0.39, 0.29) is 5.91 Å². The number of rotatable bonds is 6. The molecule has 0 unspecified atom stereocenters. The summed E-state index contributed by atoms with van der Waals surface area (Å²) in [4.78, 5) is 22.5. The lowest BCUT2D eigenvalue weighted by Gasteiger charge is -2.32. The SMILES string of the molecule is CN1CCN(C(=O)c2cn(Cc3cncn3C(Cl)=Cc3ccccc3)cc2-c2cccc3ccccc23)CC1. The highest BCUT2D eigenvalue weighted by molar-refractivity contribution is 6.47. The van der Waals surface area contributed by atoms with Gasteiger partial charge in [-0.2, -0.15) is 0 Å². The van der Waals surface area contributed by atoms with Gasteiger partial charge in [0.25, 0.3) is 5.91 Å². The van der Waals surface area contributed by atoms with Crippen LogP contribution in [0.2, 0.25) is 0 Å². The van der Waals surface area contributed by atoms with Crippen molar-refractivity contribution in [3.05, 3.63) is 115 Å². The van der Waals surface area contributed by atoms with Gasteiger partial charge in [-0.1, -0.05) is 84.4 Å². The average Bonchev–Trinajstić information content (AvgIpc) is 3.61. The van der Waals surface area contributed by atoms with Gasteiger partial charge in [0, 0.05) is 44.1 Å². The minimum Gasteiger partial charge on any atom is -0.347 e. The molecule has 6 rings (SSSR count). The summed E-state index contributed by atoms with van der Waals surface area (Å²) in [7, 11) is 2.10. The van der Waals surface area contributed by atoms with Crippen LogP contribution in [0.1, 0.15) is 21.6 Å². The Bertz CT molecular complexity index is 1640. The molecule has 0 aliphatic carbocycles. The predicted octanol–water partition coefficient (Wildman–Crippen LogP) is 6.14. The second kappa shape index (κ2) is 10.9. The van der Waals surface area contributed by atoms with Gasteiger partial charge in [0.05, 0.1) is 24.0 Å². The lowest BCUT2D eigenvalue weighted by atomic mass is 9.97. The number of carbonyl (C=O) groups is 1. The number of imidazole rings is 1. The molecule has 7 heteroatoms. The van der Waals surface area contributed by atoms with Crippen LogP contribution in [0.25, 0.3) is 33.1 Å². The highest BCUT2D eigenvalue weighted by Gasteiger charge is 2.25. The highest BCUT2D eigenvalue weighted by Crippen LogP contribution is 2.33. The Labute approximate surface area is 233 Å². The number of piperazine rings is 1. The van der Waals surface area contributed by atoms with Crippen LogP contribution < -0.4 is 0 Å². The van der Waals surface area contributed by atoms with Crippen LogP contribution in [-0.4, -0.2) is 63.1 Å². The van der Waals surface area contributed by atoms with Crippen LogP contribution >= 0.6 is 11.6 Å². The summed E-state index contributed by atoms with van der Waals surface area (Å²) in [5.74, 6) is 0.0697. The van der Waals surface area contributed by atoms with Crippen molar-refractivity contribution in [1.29, 1.82) is 0 Å². The van der Waals surface area contributed by atoms with Crippen LogP contribution in [0.3, 0.4) is 0 Å². The molecular formula is C32H30ClN5O. The first-order valence-electron chi connectivity index (χ1n) is 13.2. The first-order valence-corrected chi connectivity index (χ1v) is 13.5. The van der Waals surface area contributed by atoms with Crippen LogP contribution in [0.15, 0.2) is 97.7 Å². The molecule has 3 aromatic carbocycles. The van der Waals surface area contributed by atoms with Crippen molar-refractivity contribution < 1.29 is 4.79 Å². The third-order valence-corrected chi connectivity index (χ3v) is 7.65. The number of carbonyl (C=O) groups excluding carboxylic acids is 1. The molecule has 1 aliphatic rings. The van der Waals surface area contributed by atoms with E-state index in [1.54, 1.807) is 6.33 Å². The van der Waals surface area contributed by atoms with Crippen molar-refractivity contribution in [2.45, 2.75) is 6.54 Å². The van der Waals surface area contributed by atoms with Gasteiger partial charge in [-0.3, -0.25) is 9.36 Å². The Morgan fingerprint density at radius 1 is 0.897 bits per heavy atom. The maximum atomic E-state index is 13.9. The summed E-state index contributed by atoms with van der Waals surface area (Å²) < 4.78 is 3.95. The Kier molecular flexibility index (Phi) is 7.05. The molecule has 196 valence electrons. The van der Waals surface area contributed by atoms with E-state index in [4.69, 9.17) is 11.6 Å². The number of fused-ring (bicyclic) bond motifs is 1. The number of hydrogen-bond acceptors (Lipinski definition) is 3. The zero-order valence-corrected chi connectivity index (χ0v) is 22.6. The Morgan fingerprint density at radius 2 is 1.64 bits per heavy atom. The van der Waals surface area contributed by atoms with E-state index >= 15 is 0 Å². The number of amides is 1. The highest BCUT2D eigenvalue weighted by atomic mass is 35.5. The van der Waals surface area contributed by atoms with Gasteiger partial charge in [-0.15, -0.1) is 0 Å². The molecule has 0 radical (unpaired) electrons. The topological polar surface area (TPSA) is 46.3 Å². The van der Waals surface area contributed by atoms with E-state index in [1.807, 2.05) is 70.4 Å². The van der Waals surface area contributed by atoms with Gasteiger partial charge in [0.15, 0.2) is 0 Å². The number of hydrogen-bond donors (Lipinski definition) is 0. The summed E-state index contributed by atoms with van der Waals surface area (Å²) >= 11 is 6.73. The summed E-state index contributed by atoms with van der Waals surface area (Å²) in [6, 6.07) is 24.6. The smallest absolute Gasteiger partial charge is 0.256 e. The van der Waals surface area contributed by atoms with E-state index in [0.717, 1.165) is 59.3 Å². The number of halogens is 1. The van der Waals surface area contributed by atoms with Gasteiger partial charge in [0.1, 0.15) is 11.5 Å². The average molecular weight is 536 g/mol. The molecule has 0 spiro atoms. The van der Waals surface area contributed by atoms with Crippen molar-refractivity contribution in [2.75, 3.05) is 33.2 Å². The molecule has 1 saturated heterocycles. The monoisotopic (exact) mass is 535 g/mol. The summed E-state index contributed by atoms with van der Waals surface area (Å²) in [5, 5.41) is 2.84. The van der Waals surface area contributed by atoms with Gasteiger partial charge in [-0.05, 0) is 35.0 Å². The van der Waals surface area contributed by atoms with E-state index in [0.29, 0.717) is 17.3 Å². The molecule has 1 fully saturated rings. The van der Waals surface area contributed by atoms with Crippen molar-refractivity contribution in [3.8, 4) is 11.1 Å². The molecule has 0 bridgehead atoms.